The Kier molecular flexibility index (Phi) is 5.23. The summed E-state index contributed by atoms with van der Waals surface area (Å²) in [4.78, 5) is 0.699. The van der Waals surface area contributed by atoms with Gasteiger partial charge in [0.25, 0.3) is 0 Å². The van der Waals surface area contributed by atoms with Crippen LogP contribution >= 0.6 is 11.3 Å². The standard InChI is InChI=1S/C26H19F6NOS/c1-13-21(17-5-3-4-6-19(17)34-13)23-22(24(27,28)26(31,32)25(23,29)30)18-11-20(35-14(18)2)16-9-7-15(12-33)8-10-16/h3-11H,12,33H2,1-2H3. The van der Waals surface area contributed by atoms with Gasteiger partial charge >= 0.3 is 17.8 Å². The topological polar surface area (TPSA) is 39.2 Å². The molecule has 2 nitrogen and oxygen atoms in total. The lowest BCUT2D eigenvalue weighted by atomic mass is 9.93. The average Bonchev–Trinajstić information content (AvgIpc) is 3.38. The zero-order valence-corrected chi connectivity index (χ0v) is 19.4. The van der Waals surface area contributed by atoms with Crippen molar-refractivity contribution in [3.63, 3.8) is 0 Å². The van der Waals surface area contributed by atoms with E-state index in [-0.39, 0.29) is 27.2 Å². The first-order valence-corrected chi connectivity index (χ1v) is 11.5. The predicted molar refractivity (Wildman–Crippen MR) is 125 cm³/mol. The molecular weight excluding hydrogens is 488 g/mol. The molecule has 0 saturated carbocycles. The van der Waals surface area contributed by atoms with Gasteiger partial charge in [-0.05, 0) is 42.7 Å². The highest BCUT2D eigenvalue weighted by molar-refractivity contribution is 7.15. The summed E-state index contributed by atoms with van der Waals surface area (Å²) < 4.78 is 96.2. The summed E-state index contributed by atoms with van der Waals surface area (Å²) in [5, 5.41) is 0.0659. The van der Waals surface area contributed by atoms with Crippen LogP contribution in [0.2, 0.25) is 0 Å². The fraction of sp³-hybridized carbons (Fsp3) is 0.231. The van der Waals surface area contributed by atoms with Gasteiger partial charge in [-0.3, -0.25) is 0 Å². The molecule has 2 N–H and O–H groups in total. The van der Waals surface area contributed by atoms with Crippen molar-refractivity contribution < 1.29 is 30.8 Å². The third-order valence-electron chi connectivity index (χ3n) is 6.35. The minimum Gasteiger partial charge on any atom is -0.461 e. The number of alkyl halides is 6. The number of para-hydroxylation sites is 1. The number of furan rings is 1. The van der Waals surface area contributed by atoms with Gasteiger partial charge in [-0.1, -0.05) is 42.5 Å². The third-order valence-corrected chi connectivity index (χ3v) is 7.45. The molecule has 0 bridgehead atoms. The molecule has 0 unspecified atom stereocenters. The van der Waals surface area contributed by atoms with Crippen molar-refractivity contribution in [2.75, 3.05) is 0 Å². The number of halogens is 6. The first-order valence-electron chi connectivity index (χ1n) is 10.7. The Balaban J connectivity index is 1.82. The maximum Gasteiger partial charge on any atom is 0.380 e. The Hall–Kier alpha value is -3.04. The van der Waals surface area contributed by atoms with Gasteiger partial charge < -0.3 is 10.2 Å². The van der Waals surface area contributed by atoms with Crippen LogP contribution in [-0.2, 0) is 6.54 Å². The quantitative estimate of drug-likeness (QED) is 0.284. The number of thiophene rings is 1. The Morgan fingerprint density at radius 2 is 1.49 bits per heavy atom. The van der Waals surface area contributed by atoms with Crippen molar-refractivity contribution in [2.24, 2.45) is 5.73 Å². The maximum atomic E-state index is 15.3. The van der Waals surface area contributed by atoms with E-state index in [1.54, 1.807) is 30.3 Å². The molecule has 1 aliphatic rings. The summed E-state index contributed by atoms with van der Waals surface area (Å²) in [6, 6.07) is 14.2. The molecule has 0 atom stereocenters. The van der Waals surface area contributed by atoms with E-state index in [4.69, 9.17) is 10.2 Å². The Bertz CT molecular complexity index is 1480. The minimum absolute atomic E-state index is 0.0659. The fourth-order valence-corrected chi connectivity index (χ4v) is 5.60. The molecule has 0 fully saturated rings. The minimum atomic E-state index is -5.63. The van der Waals surface area contributed by atoms with Gasteiger partial charge in [-0.15, -0.1) is 11.3 Å². The van der Waals surface area contributed by atoms with Crippen molar-refractivity contribution in [2.45, 2.75) is 38.2 Å². The molecule has 0 saturated heterocycles. The monoisotopic (exact) mass is 507 g/mol. The normalized spacial score (nSPS) is 18.5. The second kappa shape index (κ2) is 7.73. The molecule has 0 spiro atoms. The van der Waals surface area contributed by atoms with Crippen molar-refractivity contribution in [3.8, 4) is 10.4 Å². The second-order valence-corrected chi connectivity index (χ2v) is 9.74. The first kappa shape index (κ1) is 23.7. The van der Waals surface area contributed by atoms with Crippen LogP contribution in [0.4, 0.5) is 26.3 Å². The van der Waals surface area contributed by atoms with Gasteiger partial charge in [0, 0.05) is 38.4 Å². The average molecular weight is 507 g/mol. The summed E-state index contributed by atoms with van der Waals surface area (Å²) in [6.45, 7) is 3.06. The highest BCUT2D eigenvalue weighted by atomic mass is 32.1. The third kappa shape index (κ3) is 3.21. The number of benzene rings is 2. The molecule has 5 rings (SSSR count). The molecule has 2 aromatic heterocycles. The van der Waals surface area contributed by atoms with E-state index in [1.807, 2.05) is 0 Å². The molecule has 4 aromatic rings. The predicted octanol–water partition coefficient (Wildman–Crippen LogP) is 8.07. The number of nitrogens with two attached hydrogens (primary N) is 1. The summed E-state index contributed by atoms with van der Waals surface area (Å²) in [7, 11) is 0. The highest BCUT2D eigenvalue weighted by Crippen LogP contribution is 2.66. The van der Waals surface area contributed by atoms with E-state index >= 15 is 17.6 Å². The van der Waals surface area contributed by atoms with Crippen molar-refractivity contribution in [1.29, 1.82) is 0 Å². The summed E-state index contributed by atoms with van der Waals surface area (Å²) >= 11 is 1.06. The van der Waals surface area contributed by atoms with E-state index in [1.165, 1.54) is 38.1 Å². The molecule has 35 heavy (non-hydrogen) atoms. The van der Waals surface area contributed by atoms with Crippen LogP contribution in [-0.4, -0.2) is 17.8 Å². The van der Waals surface area contributed by atoms with E-state index < -0.39 is 34.5 Å². The molecule has 2 heterocycles. The van der Waals surface area contributed by atoms with Gasteiger partial charge in [0.15, 0.2) is 0 Å². The first-order chi connectivity index (χ1) is 16.4. The van der Waals surface area contributed by atoms with Crippen LogP contribution in [0.15, 0.2) is 59.0 Å². The molecule has 0 radical (unpaired) electrons. The Labute approximate surface area is 200 Å². The highest BCUT2D eigenvalue weighted by Gasteiger charge is 2.80. The van der Waals surface area contributed by atoms with Crippen LogP contribution < -0.4 is 5.73 Å². The number of hydrogen-bond acceptors (Lipinski definition) is 3. The fourth-order valence-electron chi connectivity index (χ4n) is 4.57. The van der Waals surface area contributed by atoms with E-state index in [2.05, 4.69) is 0 Å². The molecule has 9 heteroatoms. The van der Waals surface area contributed by atoms with Gasteiger partial charge in [0.2, 0.25) is 0 Å². The zero-order chi connectivity index (χ0) is 25.3. The SMILES string of the molecule is Cc1oc2ccccc2c1C1=C(c2cc(-c3ccc(CN)cc3)sc2C)C(F)(F)C(F)(F)C1(F)F. The second-order valence-electron chi connectivity index (χ2n) is 8.48. The van der Waals surface area contributed by atoms with Gasteiger partial charge in [-0.25, -0.2) is 0 Å². The van der Waals surface area contributed by atoms with Crippen LogP contribution in [0.5, 0.6) is 0 Å². The molecule has 2 aromatic carbocycles. The Morgan fingerprint density at radius 1 is 0.857 bits per heavy atom. The van der Waals surface area contributed by atoms with E-state index in [0.717, 1.165) is 16.9 Å². The Morgan fingerprint density at radius 3 is 2.14 bits per heavy atom. The van der Waals surface area contributed by atoms with Crippen LogP contribution in [0.1, 0.15) is 27.3 Å². The maximum absolute atomic E-state index is 15.3. The zero-order valence-electron chi connectivity index (χ0n) is 18.6. The summed E-state index contributed by atoms with van der Waals surface area (Å²) in [5.74, 6) is -16.0. The van der Waals surface area contributed by atoms with Crippen LogP contribution in [0.3, 0.4) is 0 Å². The lowest BCUT2D eigenvalue weighted by molar-refractivity contribution is -0.254. The molecule has 182 valence electrons. The number of hydrogen-bond donors (Lipinski definition) is 1. The lowest BCUT2D eigenvalue weighted by Gasteiger charge is -2.25. The largest absolute Gasteiger partial charge is 0.461 e. The van der Waals surface area contributed by atoms with Crippen molar-refractivity contribution in [3.05, 3.63) is 81.9 Å². The lowest BCUT2D eigenvalue weighted by Crippen LogP contribution is -2.48. The molecule has 0 amide bonds. The summed E-state index contributed by atoms with van der Waals surface area (Å²) in [5.41, 5.74) is 3.68. The summed E-state index contributed by atoms with van der Waals surface area (Å²) in [6.07, 6.45) is 0. The van der Waals surface area contributed by atoms with Crippen molar-refractivity contribution in [1.82, 2.24) is 0 Å². The van der Waals surface area contributed by atoms with Gasteiger partial charge in [0.1, 0.15) is 11.3 Å². The smallest absolute Gasteiger partial charge is 0.380 e. The number of rotatable bonds is 4. The van der Waals surface area contributed by atoms with Gasteiger partial charge in [0.05, 0.1) is 0 Å². The van der Waals surface area contributed by atoms with Crippen molar-refractivity contribution >= 4 is 33.5 Å². The number of aryl methyl sites for hydroxylation is 2. The van der Waals surface area contributed by atoms with Crippen LogP contribution in [0, 0.1) is 13.8 Å². The number of allylic oxidation sites excluding steroid dienone is 2. The molecule has 1 aliphatic carbocycles. The molecule has 0 aliphatic heterocycles. The van der Waals surface area contributed by atoms with Gasteiger partial charge in [-0.2, -0.15) is 26.3 Å². The molecular formula is C26H19F6NOS. The van der Waals surface area contributed by atoms with Crippen LogP contribution in [0.25, 0.3) is 32.6 Å². The van der Waals surface area contributed by atoms with E-state index in [9.17, 15) is 8.78 Å². The number of fused-ring (bicyclic) bond motifs is 1. The van der Waals surface area contributed by atoms with E-state index in [0.29, 0.717) is 17.0 Å².